The minimum absolute atomic E-state index is 0.0528. The molecule has 21 heavy (non-hydrogen) atoms. The van der Waals surface area contributed by atoms with Gasteiger partial charge >= 0.3 is 0 Å². The molecule has 3 heteroatoms. The first-order valence-electron chi connectivity index (χ1n) is 7.32. The summed E-state index contributed by atoms with van der Waals surface area (Å²) in [7, 11) is 0. The lowest BCUT2D eigenvalue weighted by Crippen LogP contribution is -2.27. The molecule has 0 aromatic heterocycles. The second kappa shape index (κ2) is 6.20. The predicted octanol–water partition coefficient (Wildman–Crippen LogP) is 4.83. The summed E-state index contributed by atoms with van der Waals surface area (Å²) in [5, 5.41) is 10.3. The first-order valence-corrected chi connectivity index (χ1v) is 8.12. The van der Waals surface area contributed by atoms with Gasteiger partial charge < -0.3 is 9.84 Å². The minimum Gasteiger partial charge on any atom is -0.490 e. The Balaban J connectivity index is 1.74. The quantitative estimate of drug-likeness (QED) is 0.862. The number of halogens is 1. The summed E-state index contributed by atoms with van der Waals surface area (Å²) in [5.74, 6) is 1.21. The van der Waals surface area contributed by atoms with Gasteiger partial charge in [0.25, 0.3) is 0 Å². The van der Waals surface area contributed by atoms with Crippen LogP contribution in [0, 0.1) is 0 Å². The Hall–Kier alpha value is -1.32. The van der Waals surface area contributed by atoms with Gasteiger partial charge in [-0.25, -0.2) is 0 Å². The number of aliphatic hydroxyl groups excluding tert-OH is 1. The molecule has 0 fully saturated rings. The molecule has 0 radical (unpaired) electrons. The summed E-state index contributed by atoms with van der Waals surface area (Å²) >= 11 is 3.46. The highest BCUT2D eigenvalue weighted by Crippen LogP contribution is 2.38. The molecule has 0 saturated heterocycles. The summed E-state index contributed by atoms with van der Waals surface area (Å²) in [6.45, 7) is 2.21. The third-order valence-electron chi connectivity index (χ3n) is 4.10. The van der Waals surface area contributed by atoms with Crippen LogP contribution in [0.15, 0.2) is 53.0 Å². The molecule has 2 aromatic rings. The number of fused-ring (bicyclic) bond motifs is 1. The van der Waals surface area contributed by atoms with Crippen molar-refractivity contribution < 1.29 is 9.84 Å². The number of ether oxygens (including phenoxy) is 1. The second-order valence-electron chi connectivity index (χ2n) is 5.72. The van der Waals surface area contributed by atoms with Crippen molar-refractivity contribution in [1.29, 1.82) is 0 Å². The van der Waals surface area contributed by atoms with E-state index in [1.165, 1.54) is 5.56 Å². The Bertz CT molecular complexity index is 612. The summed E-state index contributed by atoms with van der Waals surface area (Å²) < 4.78 is 7.06. The average molecular weight is 347 g/mol. The van der Waals surface area contributed by atoms with E-state index in [2.05, 4.69) is 47.1 Å². The van der Waals surface area contributed by atoms with Gasteiger partial charge in [-0.1, -0.05) is 59.3 Å². The van der Waals surface area contributed by atoms with Gasteiger partial charge in [0, 0.05) is 16.5 Å². The van der Waals surface area contributed by atoms with Crippen LogP contribution in [0.4, 0.5) is 0 Å². The molecule has 0 saturated carbocycles. The number of rotatable bonds is 3. The maximum atomic E-state index is 10.3. The maximum absolute atomic E-state index is 10.3. The summed E-state index contributed by atoms with van der Waals surface area (Å²) in [6.07, 6.45) is 1.19. The first kappa shape index (κ1) is 14.6. The summed E-state index contributed by atoms with van der Waals surface area (Å²) in [5.41, 5.74) is 2.21. The lowest BCUT2D eigenvalue weighted by Gasteiger charge is -2.31. The van der Waals surface area contributed by atoms with Gasteiger partial charge in [0.15, 0.2) is 0 Å². The highest BCUT2D eigenvalue weighted by Gasteiger charge is 2.28. The van der Waals surface area contributed by atoms with Crippen molar-refractivity contribution in [2.45, 2.75) is 37.9 Å². The average Bonchev–Trinajstić information content (AvgIpc) is 2.47. The molecule has 110 valence electrons. The molecule has 0 bridgehead atoms. The van der Waals surface area contributed by atoms with Gasteiger partial charge in [-0.2, -0.15) is 0 Å². The molecule has 2 nitrogen and oxygen atoms in total. The van der Waals surface area contributed by atoms with Crippen molar-refractivity contribution in [2.75, 3.05) is 0 Å². The fourth-order valence-electron chi connectivity index (χ4n) is 2.95. The van der Waals surface area contributed by atoms with Crippen molar-refractivity contribution in [2.24, 2.45) is 0 Å². The van der Waals surface area contributed by atoms with E-state index in [-0.39, 0.29) is 6.10 Å². The van der Waals surface area contributed by atoms with Crippen molar-refractivity contribution in [3.63, 3.8) is 0 Å². The lowest BCUT2D eigenvalue weighted by molar-refractivity contribution is 0.0589. The zero-order valence-electron chi connectivity index (χ0n) is 12.0. The second-order valence-corrected chi connectivity index (χ2v) is 6.64. The zero-order chi connectivity index (χ0) is 14.8. The highest BCUT2D eigenvalue weighted by atomic mass is 79.9. The molecule has 2 aromatic carbocycles. The maximum Gasteiger partial charge on any atom is 0.126 e. The van der Waals surface area contributed by atoms with Crippen LogP contribution in [-0.4, -0.2) is 11.2 Å². The predicted molar refractivity (Wildman–Crippen MR) is 87.6 cm³/mol. The summed E-state index contributed by atoms with van der Waals surface area (Å²) in [4.78, 5) is 0. The Kier molecular flexibility index (Phi) is 4.32. The van der Waals surface area contributed by atoms with Gasteiger partial charge in [0.1, 0.15) is 11.9 Å². The molecule has 1 aliphatic heterocycles. The van der Waals surface area contributed by atoms with E-state index in [0.29, 0.717) is 12.3 Å². The van der Waals surface area contributed by atoms with E-state index in [9.17, 15) is 5.11 Å². The van der Waals surface area contributed by atoms with E-state index in [4.69, 9.17) is 4.74 Å². The largest absolute Gasteiger partial charge is 0.490 e. The van der Waals surface area contributed by atoms with Gasteiger partial charge in [-0.3, -0.25) is 0 Å². The Labute approximate surface area is 133 Å². The molecule has 3 atom stereocenters. The molecule has 1 N–H and O–H groups in total. The number of hydrogen-bond donors (Lipinski definition) is 1. The van der Waals surface area contributed by atoms with E-state index in [1.807, 2.05) is 24.3 Å². The van der Waals surface area contributed by atoms with Gasteiger partial charge in [-0.15, -0.1) is 0 Å². The molecule has 1 aliphatic rings. The van der Waals surface area contributed by atoms with Crippen LogP contribution < -0.4 is 4.74 Å². The Morgan fingerprint density at radius 3 is 2.76 bits per heavy atom. The van der Waals surface area contributed by atoms with Crippen molar-refractivity contribution in [3.8, 4) is 5.75 Å². The molecule has 2 unspecified atom stereocenters. The van der Waals surface area contributed by atoms with Gasteiger partial charge in [0.2, 0.25) is 0 Å². The Morgan fingerprint density at radius 2 is 2.00 bits per heavy atom. The number of benzene rings is 2. The van der Waals surface area contributed by atoms with E-state index >= 15 is 0 Å². The highest BCUT2D eigenvalue weighted by molar-refractivity contribution is 9.10. The fourth-order valence-corrected chi connectivity index (χ4v) is 3.29. The van der Waals surface area contributed by atoms with Crippen molar-refractivity contribution in [1.82, 2.24) is 0 Å². The molecular formula is C18H19BrO2. The van der Waals surface area contributed by atoms with Crippen LogP contribution in [0.25, 0.3) is 0 Å². The van der Waals surface area contributed by atoms with E-state index in [1.54, 1.807) is 0 Å². The van der Waals surface area contributed by atoms with Gasteiger partial charge in [0.05, 0.1) is 6.10 Å². The van der Waals surface area contributed by atoms with Gasteiger partial charge in [-0.05, 0) is 30.0 Å². The molecule has 0 aliphatic carbocycles. The van der Waals surface area contributed by atoms with Crippen LogP contribution in [-0.2, 0) is 0 Å². The van der Waals surface area contributed by atoms with Crippen LogP contribution in [0.1, 0.15) is 42.9 Å². The first-order chi connectivity index (χ1) is 10.1. The van der Waals surface area contributed by atoms with Crippen LogP contribution in [0.3, 0.4) is 0 Å². The smallest absolute Gasteiger partial charge is 0.126 e. The molecule has 0 amide bonds. The fraction of sp³-hybridized carbons (Fsp3) is 0.333. The van der Waals surface area contributed by atoms with Crippen LogP contribution in [0.2, 0.25) is 0 Å². The normalized spacial score (nSPS) is 22.2. The van der Waals surface area contributed by atoms with Crippen molar-refractivity contribution >= 4 is 15.9 Å². The van der Waals surface area contributed by atoms with Crippen LogP contribution >= 0.6 is 15.9 Å². The van der Waals surface area contributed by atoms with E-state index < -0.39 is 6.10 Å². The number of hydrogen-bond acceptors (Lipinski definition) is 2. The van der Waals surface area contributed by atoms with Crippen LogP contribution in [0.5, 0.6) is 5.75 Å². The SMILES string of the molecule is CC(CC1C[C@H](O)c2ccc(Br)cc2O1)c1ccccc1. The zero-order valence-corrected chi connectivity index (χ0v) is 13.6. The monoisotopic (exact) mass is 346 g/mol. The number of aliphatic hydroxyl groups is 1. The van der Waals surface area contributed by atoms with Crippen molar-refractivity contribution in [3.05, 3.63) is 64.1 Å². The minimum atomic E-state index is -0.435. The molecular weight excluding hydrogens is 328 g/mol. The third kappa shape index (κ3) is 3.30. The molecule has 3 rings (SSSR count). The molecule has 1 heterocycles. The standard InChI is InChI=1S/C18H19BrO2/c1-12(13-5-3-2-4-6-13)9-15-11-17(20)16-8-7-14(19)10-18(16)21-15/h2-8,10,12,15,17,20H,9,11H2,1H3/t12?,15?,17-/m0/s1. The third-order valence-corrected chi connectivity index (χ3v) is 4.59. The topological polar surface area (TPSA) is 29.5 Å². The molecule has 0 spiro atoms. The van der Waals surface area contributed by atoms with E-state index in [0.717, 1.165) is 22.2 Å². The Morgan fingerprint density at radius 1 is 1.24 bits per heavy atom. The summed E-state index contributed by atoms with van der Waals surface area (Å²) in [6, 6.07) is 16.3. The lowest BCUT2D eigenvalue weighted by atomic mass is 9.90.